The summed E-state index contributed by atoms with van der Waals surface area (Å²) in [5.74, 6) is -0.954. The second kappa shape index (κ2) is 43.6. The van der Waals surface area contributed by atoms with Gasteiger partial charge in [-0.3, -0.25) is 14.4 Å². The summed E-state index contributed by atoms with van der Waals surface area (Å²) in [6.07, 6.45) is 53.2. The monoisotopic (exact) mass is 767 g/mol. The maximum Gasteiger partial charge on any atom is 0.306 e. The van der Waals surface area contributed by atoms with Crippen LogP contribution in [0.3, 0.4) is 0 Å². The van der Waals surface area contributed by atoms with Gasteiger partial charge in [-0.15, -0.1) is 0 Å². The Morgan fingerprint density at radius 2 is 0.800 bits per heavy atom. The molecule has 0 heterocycles. The van der Waals surface area contributed by atoms with Gasteiger partial charge in [-0.1, -0.05) is 184 Å². The van der Waals surface area contributed by atoms with Gasteiger partial charge in [0.25, 0.3) is 0 Å². The van der Waals surface area contributed by atoms with E-state index in [9.17, 15) is 14.4 Å². The minimum Gasteiger partial charge on any atom is -0.462 e. The van der Waals surface area contributed by atoms with Crippen LogP contribution in [0, 0.1) is 0 Å². The van der Waals surface area contributed by atoms with E-state index in [1.54, 1.807) is 0 Å². The summed E-state index contributed by atoms with van der Waals surface area (Å²) in [7, 11) is 0. The number of ether oxygens (including phenoxy) is 3. The number of carbonyl (C=O) groups is 3. The molecule has 0 rings (SSSR count). The van der Waals surface area contributed by atoms with Crippen LogP contribution in [0.25, 0.3) is 0 Å². The number of rotatable bonds is 39. The molecule has 55 heavy (non-hydrogen) atoms. The van der Waals surface area contributed by atoms with Crippen molar-refractivity contribution in [3.8, 4) is 0 Å². The lowest BCUT2D eigenvalue weighted by Crippen LogP contribution is -2.30. The molecule has 6 nitrogen and oxygen atoms in total. The van der Waals surface area contributed by atoms with Gasteiger partial charge in [-0.2, -0.15) is 0 Å². The fourth-order valence-electron chi connectivity index (χ4n) is 5.93. The number of hydrogen-bond acceptors (Lipinski definition) is 6. The lowest BCUT2D eigenvalue weighted by molar-refractivity contribution is -0.167. The number of unbranched alkanes of at least 4 members (excludes halogenated alkanes) is 18. The van der Waals surface area contributed by atoms with Gasteiger partial charge < -0.3 is 14.2 Å². The molecule has 0 aromatic rings. The van der Waals surface area contributed by atoms with Crippen molar-refractivity contribution in [3.05, 3.63) is 72.9 Å². The van der Waals surface area contributed by atoms with Crippen LogP contribution < -0.4 is 0 Å². The van der Waals surface area contributed by atoms with Crippen LogP contribution in [-0.4, -0.2) is 37.2 Å². The van der Waals surface area contributed by atoms with Gasteiger partial charge in [0.15, 0.2) is 6.10 Å². The highest BCUT2D eigenvalue weighted by Gasteiger charge is 2.19. The van der Waals surface area contributed by atoms with Crippen molar-refractivity contribution >= 4 is 17.9 Å². The molecule has 0 aromatic heterocycles. The van der Waals surface area contributed by atoms with Crippen molar-refractivity contribution in [2.24, 2.45) is 0 Å². The summed E-state index contributed by atoms with van der Waals surface area (Å²) in [6, 6.07) is 0. The topological polar surface area (TPSA) is 78.9 Å². The van der Waals surface area contributed by atoms with Crippen molar-refractivity contribution in [1.29, 1.82) is 0 Å². The van der Waals surface area contributed by atoms with Crippen molar-refractivity contribution in [2.75, 3.05) is 13.2 Å². The molecule has 0 saturated carbocycles. The van der Waals surface area contributed by atoms with Gasteiger partial charge in [-0.25, -0.2) is 0 Å². The number of carbonyl (C=O) groups excluding carboxylic acids is 3. The molecule has 1 unspecified atom stereocenters. The smallest absolute Gasteiger partial charge is 0.306 e. The third kappa shape index (κ3) is 41.8. The van der Waals surface area contributed by atoms with Gasteiger partial charge in [0.1, 0.15) is 13.2 Å². The minimum absolute atomic E-state index is 0.0943. The lowest BCUT2D eigenvalue weighted by atomic mass is 10.1. The first-order valence-corrected chi connectivity index (χ1v) is 22.5. The van der Waals surface area contributed by atoms with Crippen LogP contribution in [0.2, 0.25) is 0 Å². The molecule has 0 fully saturated rings. The lowest BCUT2D eigenvalue weighted by Gasteiger charge is -2.18. The second-order valence-electron chi connectivity index (χ2n) is 14.6. The first-order chi connectivity index (χ1) is 27.0. The molecule has 0 saturated heterocycles. The highest BCUT2D eigenvalue weighted by Crippen LogP contribution is 2.13. The maximum absolute atomic E-state index is 12.7. The number of hydrogen-bond donors (Lipinski definition) is 0. The molecular weight excluding hydrogens is 685 g/mol. The largest absolute Gasteiger partial charge is 0.462 e. The molecule has 314 valence electrons. The summed E-state index contributed by atoms with van der Waals surface area (Å²) >= 11 is 0. The molecular formula is C49H82O6. The molecule has 0 aliphatic carbocycles. The van der Waals surface area contributed by atoms with Crippen LogP contribution in [0.15, 0.2) is 72.9 Å². The van der Waals surface area contributed by atoms with E-state index in [0.717, 1.165) is 83.5 Å². The molecule has 0 aromatic carbocycles. The summed E-state index contributed by atoms with van der Waals surface area (Å²) in [6.45, 7) is 6.31. The first kappa shape index (κ1) is 51.9. The quantitative estimate of drug-likeness (QED) is 0.0204. The van der Waals surface area contributed by atoms with Gasteiger partial charge in [0, 0.05) is 19.3 Å². The van der Waals surface area contributed by atoms with Crippen LogP contribution in [0.4, 0.5) is 0 Å². The van der Waals surface area contributed by atoms with Gasteiger partial charge in [0.05, 0.1) is 0 Å². The van der Waals surface area contributed by atoms with Crippen LogP contribution in [0.1, 0.15) is 201 Å². The highest BCUT2D eigenvalue weighted by molar-refractivity contribution is 5.71. The zero-order chi connectivity index (χ0) is 40.1. The Bertz CT molecular complexity index is 1070. The van der Waals surface area contributed by atoms with Crippen molar-refractivity contribution in [3.63, 3.8) is 0 Å². The van der Waals surface area contributed by atoms with Gasteiger partial charge >= 0.3 is 17.9 Å². The van der Waals surface area contributed by atoms with Crippen molar-refractivity contribution in [1.82, 2.24) is 0 Å². The summed E-state index contributed by atoms with van der Waals surface area (Å²) in [5.41, 5.74) is 0. The molecule has 0 spiro atoms. The molecule has 0 radical (unpaired) electrons. The van der Waals surface area contributed by atoms with Gasteiger partial charge in [-0.05, 0) is 70.6 Å². The molecule has 6 heteroatoms. The fourth-order valence-corrected chi connectivity index (χ4v) is 5.93. The van der Waals surface area contributed by atoms with E-state index in [0.29, 0.717) is 19.3 Å². The summed E-state index contributed by atoms with van der Waals surface area (Å²) in [4.78, 5) is 37.7. The van der Waals surface area contributed by atoms with Crippen LogP contribution >= 0.6 is 0 Å². The van der Waals surface area contributed by atoms with E-state index in [4.69, 9.17) is 14.2 Å². The molecule has 0 amide bonds. The average Bonchev–Trinajstić information content (AvgIpc) is 3.18. The van der Waals surface area contributed by atoms with Crippen LogP contribution in [0.5, 0.6) is 0 Å². The molecule has 0 aliphatic heterocycles. The number of esters is 3. The van der Waals surface area contributed by atoms with E-state index in [2.05, 4.69) is 93.7 Å². The highest BCUT2D eigenvalue weighted by atomic mass is 16.6. The molecule has 0 aliphatic rings. The van der Waals surface area contributed by atoms with Gasteiger partial charge in [0.2, 0.25) is 0 Å². The van der Waals surface area contributed by atoms with Crippen molar-refractivity contribution < 1.29 is 28.6 Å². The van der Waals surface area contributed by atoms with Crippen molar-refractivity contribution in [2.45, 2.75) is 207 Å². The van der Waals surface area contributed by atoms with E-state index in [-0.39, 0.29) is 37.5 Å². The average molecular weight is 767 g/mol. The molecule has 1 atom stereocenters. The molecule has 0 N–H and O–H groups in total. The maximum atomic E-state index is 12.7. The zero-order valence-corrected chi connectivity index (χ0v) is 35.7. The summed E-state index contributed by atoms with van der Waals surface area (Å²) < 4.78 is 16.6. The SMILES string of the molecule is CC\C=C/C=C\C=C/CCCCCCCCCC(=O)OCC(COC(=O)CCCCCCCCCCCC)OC(=O)CCCC/C=C\C/C=C\C/C=C\CC. The number of allylic oxidation sites excluding steroid dienone is 12. The standard InChI is InChI=1S/C49H82O6/c1-4-7-10-13-16-19-22-24-25-26-28-30-33-36-39-42-48(51)54-45-46(44-53-47(50)41-38-35-32-29-21-18-15-12-9-6-3)55-49(52)43-40-37-34-31-27-23-20-17-14-11-8-5-2/h7-8,10-11,13,16-17,19-20,22,27,31,46H,4-6,9,12,14-15,18,21,23-26,28-30,32-45H2,1-3H3/b10-7-,11-8-,16-13-,20-17-,22-19-,31-27-. The second-order valence-corrected chi connectivity index (χ2v) is 14.6. The molecule has 0 bridgehead atoms. The Hall–Kier alpha value is -3.15. The Balaban J connectivity index is 4.44. The van der Waals surface area contributed by atoms with E-state index >= 15 is 0 Å². The van der Waals surface area contributed by atoms with Crippen LogP contribution in [-0.2, 0) is 28.6 Å². The summed E-state index contributed by atoms with van der Waals surface area (Å²) in [5, 5.41) is 0. The van der Waals surface area contributed by atoms with E-state index < -0.39 is 6.10 Å². The Morgan fingerprint density at radius 1 is 0.400 bits per heavy atom. The predicted octanol–water partition coefficient (Wildman–Crippen LogP) is 14.3. The predicted molar refractivity (Wildman–Crippen MR) is 233 cm³/mol. The third-order valence-corrected chi connectivity index (χ3v) is 9.27. The fraction of sp³-hybridized carbons (Fsp3) is 0.694. The Labute approximate surface area is 338 Å². The Kier molecular flexibility index (Phi) is 41.1. The Morgan fingerprint density at radius 3 is 1.35 bits per heavy atom. The first-order valence-electron chi connectivity index (χ1n) is 22.5. The van der Waals surface area contributed by atoms with E-state index in [1.165, 1.54) is 70.6 Å². The van der Waals surface area contributed by atoms with E-state index in [1.807, 2.05) is 0 Å². The normalized spacial score (nSPS) is 12.7. The third-order valence-electron chi connectivity index (χ3n) is 9.27. The zero-order valence-electron chi connectivity index (χ0n) is 35.7. The minimum atomic E-state index is -0.796.